The average molecular weight is 453 g/mol. The third kappa shape index (κ3) is 4.02. The number of hydrogen-bond donors (Lipinski definition) is 0. The molecule has 0 heterocycles. The Morgan fingerprint density at radius 2 is 1.00 bits per heavy atom. The fourth-order valence-corrected chi connectivity index (χ4v) is 3.17. The largest absolute Gasteiger partial charge is 0.458 e. The second-order valence-electron chi connectivity index (χ2n) is 6.06. The van der Waals surface area contributed by atoms with E-state index in [4.69, 9.17) is 0 Å². The summed E-state index contributed by atoms with van der Waals surface area (Å²) in [6, 6.07) is 21.1. The van der Waals surface area contributed by atoms with E-state index in [1.165, 1.54) is 48.5 Å². The third-order valence-corrected chi connectivity index (χ3v) is 4.71. The number of rotatable bonds is 4. The van der Waals surface area contributed by atoms with Crippen molar-refractivity contribution in [1.82, 2.24) is 0 Å². The van der Waals surface area contributed by atoms with E-state index in [-0.39, 0.29) is 22.3 Å². The Kier molecular flexibility index (Phi) is 5.70. The van der Waals surface area contributed by atoms with Crippen molar-refractivity contribution in [3.05, 3.63) is 106 Å². The maximum atomic E-state index is 14.8. The van der Waals surface area contributed by atoms with Crippen molar-refractivity contribution in [2.45, 2.75) is 12.1 Å². The Morgan fingerprint density at radius 1 is 0.571 bits per heavy atom. The zero-order valence-corrected chi connectivity index (χ0v) is 15.9. The number of allylic oxidation sites excluding steroid dienone is 1. The van der Waals surface area contributed by atoms with Gasteiger partial charge in [0.05, 0.1) is 0 Å². The second-order valence-corrected chi connectivity index (χ2v) is 6.98. The van der Waals surface area contributed by atoms with Crippen molar-refractivity contribution in [2.75, 3.05) is 0 Å². The van der Waals surface area contributed by atoms with Gasteiger partial charge in [0.1, 0.15) is 0 Å². The lowest BCUT2D eigenvalue weighted by atomic mass is 9.86. The molecule has 0 bridgehead atoms. The summed E-state index contributed by atoms with van der Waals surface area (Å²) in [5.74, 6) is -5.05. The Balaban J connectivity index is 2.44. The molecular formula is C22H14BrF5. The van der Waals surface area contributed by atoms with Crippen LogP contribution in [0.5, 0.6) is 0 Å². The van der Waals surface area contributed by atoms with Gasteiger partial charge in [-0.1, -0.05) is 88.7 Å². The van der Waals surface area contributed by atoms with Gasteiger partial charge in [-0.05, 0) is 34.4 Å². The van der Waals surface area contributed by atoms with Gasteiger partial charge in [0.15, 0.2) is 0 Å². The van der Waals surface area contributed by atoms with Gasteiger partial charge in [-0.25, -0.2) is 0 Å². The van der Waals surface area contributed by atoms with Gasteiger partial charge < -0.3 is 0 Å². The summed E-state index contributed by atoms with van der Waals surface area (Å²) in [6.07, 6.45) is -5.74. The van der Waals surface area contributed by atoms with Gasteiger partial charge in [0, 0.05) is 10.0 Å². The highest BCUT2D eigenvalue weighted by Crippen LogP contribution is 2.49. The van der Waals surface area contributed by atoms with Crippen LogP contribution in [0.1, 0.15) is 16.7 Å². The number of hydrogen-bond acceptors (Lipinski definition) is 0. The molecule has 0 atom stereocenters. The van der Waals surface area contributed by atoms with Crippen LogP contribution >= 0.6 is 15.9 Å². The fraction of sp³-hybridized carbons (Fsp3) is 0.0909. The quantitative estimate of drug-likeness (QED) is 0.282. The molecule has 0 aliphatic heterocycles. The lowest BCUT2D eigenvalue weighted by Gasteiger charge is -2.26. The summed E-state index contributed by atoms with van der Waals surface area (Å²) < 4.78 is 70.6. The van der Waals surface area contributed by atoms with Crippen LogP contribution in [0, 0.1) is 0 Å². The van der Waals surface area contributed by atoms with E-state index in [0.717, 1.165) is 0 Å². The Labute approximate surface area is 167 Å². The molecule has 0 aliphatic rings. The van der Waals surface area contributed by atoms with Gasteiger partial charge in [-0.3, -0.25) is 0 Å². The first-order valence-electron chi connectivity index (χ1n) is 8.28. The lowest BCUT2D eigenvalue weighted by molar-refractivity contribution is -0.253. The Morgan fingerprint density at radius 3 is 1.46 bits per heavy atom. The zero-order valence-electron chi connectivity index (χ0n) is 14.4. The summed E-state index contributed by atoms with van der Waals surface area (Å²) in [5, 5.41) is 0. The first-order valence-corrected chi connectivity index (χ1v) is 9.07. The number of halogens is 6. The van der Waals surface area contributed by atoms with Crippen molar-refractivity contribution >= 4 is 27.1 Å². The molecule has 6 heteroatoms. The molecule has 144 valence electrons. The van der Waals surface area contributed by atoms with Crippen LogP contribution in [-0.4, -0.2) is 12.1 Å². The normalized spacial score (nSPS) is 13.2. The lowest BCUT2D eigenvalue weighted by Crippen LogP contribution is -2.38. The predicted octanol–water partition coefficient (Wildman–Crippen LogP) is 7.61. The molecule has 0 radical (unpaired) electrons. The standard InChI is InChI=1S/C22H14BrF5/c23-18-13-11-16(12-14-18)19(15-7-3-1-4-8-15)20(17-9-5-2-6-10-17)21(24,25)22(26,27)28/h1-14H/b20-19-. The highest BCUT2D eigenvalue weighted by molar-refractivity contribution is 9.10. The van der Waals surface area contributed by atoms with E-state index in [9.17, 15) is 22.0 Å². The van der Waals surface area contributed by atoms with Crippen molar-refractivity contribution in [2.24, 2.45) is 0 Å². The monoisotopic (exact) mass is 452 g/mol. The topological polar surface area (TPSA) is 0 Å². The number of alkyl halides is 5. The van der Waals surface area contributed by atoms with Gasteiger partial charge in [-0.2, -0.15) is 22.0 Å². The van der Waals surface area contributed by atoms with E-state index in [1.54, 1.807) is 36.4 Å². The summed E-state index contributed by atoms with van der Waals surface area (Å²) in [5.41, 5.74) is -0.896. The highest BCUT2D eigenvalue weighted by atomic mass is 79.9. The Bertz CT molecular complexity index is 959. The molecule has 3 aromatic carbocycles. The molecule has 28 heavy (non-hydrogen) atoms. The first kappa shape index (κ1) is 20.3. The molecule has 0 saturated heterocycles. The van der Waals surface area contributed by atoms with Gasteiger partial charge >= 0.3 is 12.1 Å². The van der Waals surface area contributed by atoms with E-state index in [0.29, 0.717) is 4.47 Å². The summed E-state index contributed by atoms with van der Waals surface area (Å²) in [6.45, 7) is 0. The molecule has 0 unspecified atom stereocenters. The van der Waals surface area contributed by atoms with E-state index >= 15 is 0 Å². The molecule has 0 N–H and O–H groups in total. The van der Waals surface area contributed by atoms with Crippen LogP contribution < -0.4 is 0 Å². The van der Waals surface area contributed by atoms with Gasteiger partial charge in [0.2, 0.25) is 0 Å². The third-order valence-electron chi connectivity index (χ3n) is 4.18. The van der Waals surface area contributed by atoms with Crippen molar-refractivity contribution in [1.29, 1.82) is 0 Å². The molecule has 0 amide bonds. The van der Waals surface area contributed by atoms with Gasteiger partial charge in [0.25, 0.3) is 0 Å². The maximum absolute atomic E-state index is 14.8. The smallest absolute Gasteiger partial charge is 0.191 e. The van der Waals surface area contributed by atoms with E-state index < -0.39 is 17.7 Å². The van der Waals surface area contributed by atoms with Crippen molar-refractivity contribution in [3.63, 3.8) is 0 Å². The Hall–Kier alpha value is -2.47. The summed E-state index contributed by atoms with van der Waals surface area (Å²) >= 11 is 3.26. The first-order chi connectivity index (χ1) is 13.2. The fourth-order valence-electron chi connectivity index (χ4n) is 2.91. The van der Waals surface area contributed by atoms with Crippen LogP contribution in [0.15, 0.2) is 89.4 Å². The van der Waals surface area contributed by atoms with Crippen LogP contribution in [0.4, 0.5) is 22.0 Å². The number of benzene rings is 3. The minimum Gasteiger partial charge on any atom is -0.191 e. The second kappa shape index (κ2) is 7.87. The minimum absolute atomic E-state index is 0.165. The molecule has 0 aromatic heterocycles. The zero-order chi connectivity index (χ0) is 20.4. The van der Waals surface area contributed by atoms with Gasteiger partial charge in [-0.15, -0.1) is 0 Å². The minimum atomic E-state index is -5.74. The molecule has 0 spiro atoms. The summed E-state index contributed by atoms with van der Waals surface area (Å²) in [7, 11) is 0. The van der Waals surface area contributed by atoms with E-state index in [1.807, 2.05) is 0 Å². The molecule has 3 rings (SSSR count). The van der Waals surface area contributed by atoms with Crippen LogP contribution in [0.2, 0.25) is 0 Å². The average Bonchev–Trinajstić information content (AvgIpc) is 2.67. The molecule has 0 nitrogen and oxygen atoms in total. The molecule has 0 aliphatic carbocycles. The van der Waals surface area contributed by atoms with E-state index in [2.05, 4.69) is 15.9 Å². The molecule has 0 fully saturated rings. The SMILES string of the molecule is FC(F)(F)C(F)(F)/C(=C(/c1ccccc1)c1ccc(Br)cc1)c1ccccc1. The van der Waals surface area contributed by atoms with Crippen LogP contribution in [0.25, 0.3) is 11.1 Å². The van der Waals surface area contributed by atoms with Crippen molar-refractivity contribution in [3.8, 4) is 0 Å². The maximum Gasteiger partial charge on any atom is 0.458 e. The van der Waals surface area contributed by atoms with Crippen molar-refractivity contribution < 1.29 is 22.0 Å². The summed E-state index contributed by atoms with van der Waals surface area (Å²) in [4.78, 5) is 0. The molecule has 3 aromatic rings. The van der Waals surface area contributed by atoms with Crippen LogP contribution in [-0.2, 0) is 0 Å². The highest BCUT2D eigenvalue weighted by Gasteiger charge is 2.61. The predicted molar refractivity (Wildman–Crippen MR) is 104 cm³/mol. The van der Waals surface area contributed by atoms with Crippen LogP contribution in [0.3, 0.4) is 0 Å². The molecular weight excluding hydrogens is 439 g/mol. The molecule has 0 saturated carbocycles.